The largest absolute Gasteiger partial charge is 0.300 e. The van der Waals surface area contributed by atoms with Gasteiger partial charge < -0.3 is 5.73 Å². The number of hydrogen-bond acceptors (Lipinski definition) is 8. The number of tetrazole rings is 1. The molecule has 0 spiro atoms. The van der Waals surface area contributed by atoms with Crippen molar-refractivity contribution in [3.05, 3.63) is 0 Å². The van der Waals surface area contributed by atoms with Crippen LogP contribution in [0.4, 0.5) is 0 Å². The van der Waals surface area contributed by atoms with Gasteiger partial charge in [0, 0.05) is 0 Å². The lowest BCUT2D eigenvalue weighted by atomic mass is 11.2. The summed E-state index contributed by atoms with van der Waals surface area (Å²) in [5.74, 6) is 0. The van der Waals surface area contributed by atoms with E-state index in [-0.39, 0.29) is 5.50 Å². The van der Waals surface area contributed by atoms with Crippen LogP contribution in [0.3, 0.4) is 0 Å². The second kappa shape index (κ2) is 3.65. The van der Waals surface area contributed by atoms with Crippen LogP contribution in [0.15, 0.2) is 10.3 Å². The summed E-state index contributed by atoms with van der Waals surface area (Å²) in [5.41, 5.74) is 5.41. The molecule has 1 aromatic rings. The Morgan fingerprint density at radius 2 is 2.54 bits per heavy atom. The molecule has 1 aromatic heterocycles. The number of hydrazone groups is 1. The molecule has 1 aliphatic heterocycles. The van der Waals surface area contributed by atoms with E-state index in [9.17, 15) is 0 Å². The van der Waals surface area contributed by atoms with Gasteiger partial charge in [0.25, 0.3) is 0 Å². The zero-order chi connectivity index (χ0) is 9.26. The molecule has 0 amide bonds. The molecule has 0 aliphatic carbocycles. The van der Waals surface area contributed by atoms with Crippen molar-refractivity contribution in [2.75, 3.05) is 0 Å². The van der Waals surface area contributed by atoms with Crippen molar-refractivity contribution in [1.29, 1.82) is 0 Å². The lowest BCUT2D eigenvalue weighted by Gasteiger charge is -2.13. The molecular weight excluding hydrogens is 230 g/mol. The Balaban J connectivity index is 2.03. The Labute approximate surface area is 87.4 Å². The predicted molar refractivity (Wildman–Crippen MR) is 52.5 cm³/mol. The molecule has 1 aliphatic rings. The van der Waals surface area contributed by atoms with Crippen LogP contribution in [-0.2, 0) is 0 Å². The first-order valence-electron chi connectivity index (χ1n) is 3.14. The highest BCUT2D eigenvalue weighted by Crippen LogP contribution is 2.31. The number of thioether (sulfide) groups is 1. The maximum absolute atomic E-state index is 5.69. The van der Waals surface area contributed by atoms with Crippen molar-refractivity contribution >= 4 is 40.7 Å². The third-order valence-corrected chi connectivity index (χ3v) is 3.20. The van der Waals surface area contributed by atoms with Gasteiger partial charge >= 0.3 is 0 Å². The minimum atomic E-state index is -0.275. The average molecular weight is 234 g/mol. The summed E-state index contributed by atoms with van der Waals surface area (Å²) >= 11 is 7.40. The monoisotopic (exact) mass is 234 g/mol. The van der Waals surface area contributed by atoms with Crippen LogP contribution in [0.5, 0.6) is 0 Å². The average Bonchev–Trinajstić information content (AvgIpc) is 2.63. The highest BCUT2D eigenvalue weighted by atomic mass is 32.2. The molecule has 0 fully saturated rings. The minimum Gasteiger partial charge on any atom is -0.300 e. The molecule has 13 heavy (non-hydrogen) atoms. The Morgan fingerprint density at radius 1 is 1.69 bits per heavy atom. The van der Waals surface area contributed by atoms with Gasteiger partial charge in [0.1, 0.15) is 0 Å². The number of nitrogens with two attached hydrogens (primary N) is 1. The van der Waals surface area contributed by atoms with Gasteiger partial charge in [-0.05, 0) is 34.8 Å². The fourth-order valence-corrected chi connectivity index (χ4v) is 2.44. The smallest absolute Gasteiger partial charge is 0.228 e. The van der Waals surface area contributed by atoms with Crippen LogP contribution in [0.2, 0.25) is 0 Å². The van der Waals surface area contributed by atoms with E-state index >= 15 is 0 Å². The molecule has 1 unspecified atom stereocenters. The van der Waals surface area contributed by atoms with Gasteiger partial charge in [-0.2, -0.15) is 0 Å². The second-order valence-electron chi connectivity index (χ2n) is 1.97. The lowest BCUT2D eigenvalue weighted by Crippen LogP contribution is -2.26. The molecular formula is C3H4N7S3. The van der Waals surface area contributed by atoms with Gasteiger partial charge in [0.05, 0.1) is 11.9 Å². The summed E-state index contributed by atoms with van der Waals surface area (Å²) in [5, 5.41) is 17.6. The summed E-state index contributed by atoms with van der Waals surface area (Å²) in [6, 6.07) is 0. The maximum atomic E-state index is 5.69. The Hall–Kier alpha value is -0.580. The van der Waals surface area contributed by atoms with Gasteiger partial charge in [-0.15, -0.1) is 10.2 Å². The van der Waals surface area contributed by atoms with Gasteiger partial charge in [-0.3, -0.25) is 0 Å². The number of aromatic amines is 1. The number of aromatic nitrogens is 4. The van der Waals surface area contributed by atoms with Crippen LogP contribution in [0.1, 0.15) is 0 Å². The van der Waals surface area contributed by atoms with Crippen molar-refractivity contribution in [2.45, 2.75) is 10.7 Å². The Kier molecular flexibility index (Phi) is 2.53. The fraction of sp³-hybridized carbons (Fsp3) is 0.333. The molecule has 0 aromatic carbocycles. The molecule has 2 heterocycles. The molecule has 3 N–H and O–H groups in total. The fourth-order valence-electron chi connectivity index (χ4n) is 0.659. The third kappa shape index (κ3) is 2.02. The lowest BCUT2D eigenvalue weighted by molar-refractivity contribution is 0.493. The third-order valence-electron chi connectivity index (χ3n) is 1.13. The van der Waals surface area contributed by atoms with E-state index in [1.54, 1.807) is 4.41 Å². The van der Waals surface area contributed by atoms with Crippen molar-refractivity contribution in [1.82, 2.24) is 25.0 Å². The van der Waals surface area contributed by atoms with E-state index in [0.717, 1.165) is 0 Å². The van der Waals surface area contributed by atoms with E-state index in [1.165, 1.54) is 23.7 Å². The predicted octanol–water partition coefficient (Wildman–Crippen LogP) is -0.0336. The van der Waals surface area contributed by atoms with Crippen molar-refractivity contribution in [2.24, 2.45) is 10.8 Å². The topological polar surface area (TPSA) is 96.1 Å². The summed E-state index contributed by atoms with van der Waals surface area (Å²) in [7, 11) is 0. The van der Waals surface area contributed by atoms with Crippen molar-refractivity contribution in [3.8, 4) is 0 Å². The van der Waals surface area contributed by atoms with E-state index in [2.05, 4.69) is 25.7 Å². The van der Waals surface area contributed by atoms with Gasteiger partial charge in [-0.1, -0.05) is 0 Å². The standard InChI is InChI=1S/C3H4N7S3/c4-1-10(7-3(11)12-1)13-2-5-8-9-6-2/h1H,4H2,(H,5,6,8,9). The van der Waals surface area contributed by atoms with Gasteiger partial charge in [-0.25, -0.2) is 9.51 Å². The van der Waals surface area contributed by atoms with E-state index < -0.39 is 0 Å². The first-order chi connectivity index (χ1) is 6.25. The van der Waals surface area contributed by atoms with E-state index in [1.807, 2.05) is 0 Å². The second-order valence-corrected chi connectivity index (χ2v) is 4.67. The molecule has 0 saturated heterocycles. The molecule has 0 bridgehead atoms. The summed E-state index contributed by atoms with van der Waals surface area (Å²) < 4.78 is 2.07. The number of hydrogen-bond donors (Lipinski definition) is 2. The maximum Gasteiger partial charge on any atom is 0.228 e. The molecule has 69 valence electrons. The Bertz CT molecular complexity index is 309. The van der Waals surface area contributed by atoms with Gasteiger partial charge in [0.2, 0.25) is 5.16 Å². The molecule has 2 rings (SSSR count). The summed E-state index contributed by atoms with van der Waals surface area (Å²) in [4.78, 5) is 0. The summed E-state index contributed by atoms with van der Waals surface area (Å²) in [6.45, 7) is 0. The highest BCUT2D eigenvalue weighted by molar-refractivity contribution is 8.33. The number of H-pyrrole nitrogens is 1. The van der Waals surface area contributed by atoms with Crippen LogP contribution >= 0.6 is 36.3 Å². The molecule has 10 heteroatoms. The zero-order valence-corrected chi connectivity index (χ0v) is 8.57. The van der Waals surface area contributed by atoms with Crippen LogP contribution in [0.25, 0.3) is 0 Å². The first kappa shape index (κ1) is 8.99. The zero-order valence-electron chi connectivity index (χ0n) is 6.12. The van der Waals surface area contributed by atoms with Crippen LogP contribution < -0.4 is 5.73 Å². The molecule has 1 radical (unpaired) electrons. The number of nitrogens with zero attached hydrogens (tertiary/aromatic N) is 5. The summed E-state index contributed by atoms with van der Waals surface area (Å²) in [6.07, 6.45) is 0. The van der Waals surface area contributed by atoms with Crippen molar-refractivity contribution in [3.63, 3.8) is 0 Å². The number of nitrogens with one attached hydrogen (secondary N) is 1. The SMILES string of the molecule is NC1SC([S])=NN1Sc1nnn[nH]1. The van der Waals surface area contributed by atoms with Gasteiger partial charge in [0.15, 0.2) is 9.87 Å². The first-order valence-corrected chi connectivity index (χ1v) is 5.20. The molecule has 0 saturated carbocycles. The minimum absolute atomic E-state index is 0.275. The number of rotatable bonds is 2. The molecule has 1 atom stereocenters. The highest BCUT2D eigenvalue weighted by Gasteiger charge is 2.24. The van der Waals surface area contributed by atoms with E-state index in [4.69, 9.17) is 18.4 Å². The Morgan fingerprint density at radius 3 is 3.08 bits per heavy atom. The van der Waals surface area contributed by atoms with Crippen molar-refractivity contribution < 1.29 is 0 Å². The normalized spacial score (nSPS) is 22.1. The van der Waals surface area contributed by atoms with E-state index in [0.29, 0.717) is 9.53 Å². The van der Waals surface area contributed by atoms with Crippen LogP contribution in [0, 0.1) is 0 Å². The molecule has 7 nitrogen and oxygen atoms in total. The quantitative estimate of drug-likeness (QED) is 0.693. The van der Waals surface area contributed by atoms with Crippen LogP contribution in [-0.4, -0.2) is 34.9 Å².